The van der Waals surface area contributed by atoms with Crippen LogP contribution in [0.4, 0.5) is 0 Å². The maximum absolute atomic E-state index is 1.89. The Morgan fingerprint density at radius 1 is 0.159 bits per heavy atom. The quantitative estimate of drug-likeness (QED) is 0.230. The Kier molecular flexibility index (Phi) is 2.00. The molecule has 0 aromatic heterocycles. The van der Waals surface area contributed by atoms with Crippen LogP contribution in [0.15, 0.2) is 0 Å². The minimum Gasteiger partial charge on any atom is -0.0467 e. The Morgan fingerprint density at radius 2 is 0.622 bits per heavy atom. The average molecular weight is 1050 g/mol. The fraction of sp³-hybridized carbons (Fsp3) is 1.00. The van der Waals surface area contributed by atoms with Crippen LogP contribution in [0.2, 0.25) is 0 Å². The van der Waals surface area contributed by atoms with E-state index in [1.807, 2.05) is 25.7 Å². The zero-order chi connectivity index (χ0) is 46.0. The van der Waals surface area contributed by atoms with Crippen molar-refractivity contribution in [2.24, 2.45) is 450 Å². The predicted molar refractivity (Wildman–Crippen MR) is 265 cm³/mol. The maximum atomic E-state index is 1.89. The van der Waals surface area contributed by atoms with Crippen molar-refractivity contribution in [1.29, 1.82) is 0 Å². The molecule has 0 aromatic rings. The average Bonchev–Trinajstić information content (AvgIpc) is 0.491. The molecule has 52 fully saturated rings. The standard InChI is InChI=1S/C82H62/c1-5-2-11-23-29-31-35-40-46-41-37-34-32-33-36-39-45-30-22-10-4-9-13-6-3-7-12(6)15-14(7)16-24(15)61-25(16)18-26-17-20-8(1)21-28-19(5)63(11)73(28)54-50-44-51-58-78(40,72(35,51)68(31,44)69(29,50)74(23,54)63)82(46)77(41)57(80(58,82)62(26,53(18)61)52(17)60(20,21)73)49-43-38-42-48-56-76(39,70(36,48)66(33,42)65(32,38)67(34,43)71(37,49)77)81(45)75(30)55(79(56,61)81)47-27(13)59(9,10)64(22,47)75/h5-58H,1-4H2/t5?,6?,7?,8?,9?,10?,11?,12-,13?,14?,15?,16?,17?,18?,19?,20?,21?,22?,23?,24?,25?,26?,27?,28?,29?,30?,31?,32?,33?,34?,35?,36?,37?,38?,39?,40?,41?,42?,43?,44?,45?,46?,47?,48?,49?,50?,51?,52?,53?,54?,55?,56?,57?,58?,59?,60?,61?,62?,63?,64?,65?,66?,67?,68?,69?,70?,71?,72?,73?,74?,75?,76?,77?,78?,79?,80?,81?,82?/m0/s1. The summed E-state index contributed by atoms with van der Waals surface area (Å²) in [5.74, 6) is 75.1. The SMILES string of the molecule is C1C2CC3C4C5C6C7C8C9C%10C%11C%12C%13C%14C%15C%16C%17C%18C%19C%20CC%21C%22C%23CC%24C%25C%26C%27C%28C%29C%30C%31C1C1C%32C2C32C%323C%32C%33C%34C%35C%36C%37%38C%39C%40C%41C%42C%43C%44C%45C%46(C%47C%48C%22C%21%20C%19%48C%18%47C%17%46C%16%45C%15%44C%14%43C%13%42C%12%41C%11%40C%10%39C9%37C8%36C7%35C6%34C5%33C4%322)C%27(C%26C%25[C@H]%24%23)C%28C%29%38C%30C%3113. The van der Waals surface area contributed by atoms with Gasteiger partial charge in [0.2, 0.25) is 0 Å². The Hall–Kier alpha value is 0. The fourth-order valence-corrected chi connectivity index (χ4v) is 78.3. The van der Waals surface area contributed by atoms with Crippen LogP contribution >= 0.6 is 0 Å². The first-order valence-electron chi connectivity index (χ1n) is 40.8. The van der Waals surface area contributed by atoms with Crippen LogP contribution in [0, 0.1) is 450 Å². The molecule has 0 heterocycles. The molecule has 0 amide bonds. The summed E-state index contributed by atoms with van der Waals surface area (Å²) in [6.45, 7) is 0. The van der Waals surface area contributed by atoms with Crippen LogP contribution in [0.1, 0.15) is 25.7 Å². The molecule has 52 rings (SSSR count). The van der Waals surface area contributed by atoms with E-state index in [-0.39, 0.29) is 0 Å². The van der Waals surface area contributed by atoms with Crippen LogP contribution in [0.3, 0.4) is 0 Å². The predicted octanol–water partition coefficient (Wildman–Crippen LogP) is 8.20. The molecule has 77 unspecified atom stereocenters. The third-order valence-corrected chi connectivity index (χ3v) is 65.3. The molecule has 0 saturated heterocycles. The minimum atomic E-state index is 1.01. The van der Waals surface area contributed by atoms with E-state index >= 15 is 0 Å². The Balaban J connectivity index is 0.643. The molecule has 78 atom stereocenters. The van der Waals surface area contributed by atoms with Gasteiger partial charge in [0.25, 0.3) is 0 Å². The van der Waals surface area contributed by atoms with Crippen LogP contribution in [-0.4, -0.2) is 0 Å². The highest BCUT2D eigenvalue weighted by Crippen LogP contribution is 3.49. The van der Waals surface area contributed by atoms with Crippen molar-refractivity contribution in [3.05, 3.63) is 0 Å². The molecule has 0 nitrogen and oxygen atoms in total. The summed E-state index contributed by atoms with van der Waals surface area (Å²) >= 11 is 0. The zero-order valence-corrected chi connectivity index (χ0v) is 46.0. The van der Waals surface area contributed by atoms with E-state index in [1.54, 1.807) is 0 Å². The molecular weight excluding hydrogens is 985 g/mol. The lowest BCUT2D eigenvalue weighted by molar-refractivity contribution is -0.987. The maximum Gasteiger partial charge on any atom is -0.00591 e. The van der Waals surface area contributed by atoms with Crippen LogP contribution in [0.5, 0.6) is 0 Å². The van der Waals surface area contributed by atoms with Gasteiger partial charge in [-0.25, -0.2) is 0 Å². The van der Waals surface area contributed by atoms with Gasteiger partial charge >= 0.3 is 0 Å². The summed E-state index contributed by atoms with van der Waals surface area (Å²) in [5.41, 5.74) is 25.4. The molecule has 0 heteroatoms. The second-order valence-electron chi connectivity index (χ2n) is 51.2. The van der Waals surface area contributed by atoms with Crippen LogP contribution in [0.25, 0.3) is 0 Å². The van der Waals surface area contributed by atoms with Gasteiger partial charge in [0.05, 0.1) is 0 Å². The Labute approximate surface area is 472 Å². The molecule has 52 saturated carbocycles. The second-order valence-corrected chi connectivity index (χ2v) is 51.2. The van der Waals surface area contributed by atoms with Gasteiger partial charge < -0.3 is 0 Å². The summed E-state index contributed by atoms with van der Waals surface area (Å²) in [5, 5.41) is 0. The summed E-state index contributed by atoms with van der Waals surface area (Å²) in [7, 11) is 0. The van der Waals surface area contributed by atoms with Crippen molar-refractivity contribution in [3.8, 4) is 0 Å². The molecule has 52 aliphatic carbocycles. The molecular formula is C82H62. The molecule has 0 radical (unpaired) electrons. The number of rotatable bonds is 0. The highest BCUT2D eigenvalue weighted by molar-refractivity contribution is 5.92. The molecule has 0 bridgehead atoms. The van der Waals surface area contributed by atoms with Crippen molar-refractivity contribution in [2.75, 3.05) is 0 Å². The lowest BCUT2D eigenvalue weighted by atomic mass is 8.59. The van der Waals surface area contributed by atoms with E-state index in [4.69, 9.17) is 0 Å². The smallest absolute Gasteiger partial charge is 0.00591 e. The van der Waals surface area contributed by atoms with E-state index < -0.39 is 0 Å². The van der Waals surface area contributed by atoms with Gasteiger partial charge in [0.15, 0.2) is 0 Å². The van der Waals surface area contributed by atoms with E-state index in [1.165, 1.54) is 320 Å². The molecule has 52 aliphatic rings. The molecule has 0 aromatic carbocycles. The van der Waals surface area contributed by atoms with Gasteiger partial charge in [0.1, 0.15) is 0 Å². The first-order chi connectivity index (χ1) is 40.8. The minimum absolute atomic E-state index is 1.01. The van der Waals surface area contributed by atoms with Gasteiger partial charge in [-0.1, -0.05) is 0 Å². The second kappa shape index (κ2) is 5.39. The van der Waals surface area contributed by atoms with Crippen molar-refractivity contribution < 1.29 is 0 Å². The van der Waals surface area contributed by atoms with Crippen molar-refractivity contribution in [1.82, 2.24) is 0 Å². The first-order valence-corrected chi connectivity index (χ1v) is 40.8. The number of hydrogen-bond acceptors (Lipinski definition) is 0. The normalized spacial score (nSPS) is 128. The molecule has 390 valence electrons. The highest BCUT2D eigenvalue weighted by atomic mass is 15.5. The molecule has 0 aliphatic heterocycles. The third kappa shape index (κ3) is 0.934. The van der Waals surface area contributed by atoms with E-state index in [2.05, 4.69) is 0 Å². The van der Waals surface area contributed by atoms with Gasteiger partial charge in [-0.05, 0) is 475 Å². The molecule has 82 heavy (non-hydrogen) atoms. The largest absolute Gasteiger partial charge is 0.0467 e. The van der Waals surface area contributed by atoms with Gasteiger partial charge in [-0.15, -0.1) is 0 Å². The van der Waals surface area contributed by atoms with Crippen molar-refractivity contribution in [3.63, 3.8) is 0 Å². The van der Waals surface area contributed by atoms with Gasteiger partial charge in [0, 0.05) is 0 Å². The third-order valence-electron chi connectivity index (χ3n) is 65.3. The summed E-state index contributed by atoms with van der Waals surface area (Å²) in [6.07, 6.45) is 7.49. The summed E-state index contributed by atoms with van der Waals surface area (Å²) in [6, 6.07) is 0. The zero-order valence-electron chi connectivity index (χ0n) is 46.0. The van der Waals surface area contributed by atoms with Crippen LogP contribution in [-0.2, 0) is 0 Å². The van der Waals surface area contributed by atoms with Gasteiger partial charge in [-0.3, -0.25) is 0 Å². The Bertz CT molecular complexity index is 5130. The molecule has 0 N–H and O–H groups in total. The first kappa shape index (κ1) is 30.4. The fourth-order valence-electron chi connectivity index (χ4n) is 78.3. The topological polar surface area (TPSA) is 0 Å². The molecule has 24 spiro atoms. The van der Waals surface area contributed by atoms with E-state index in [0.717, 1.165) is 130 Å². The lowest BCUT2D eigenvalue weighted by Crippen LogP contribution is -3.42. The van der Waals surface area contributed by atoms with Crippen molar-refractivity contribution in [2.45, 2.75) is 25.7 Å². The van der Waals surface area contributed by atoms with Crippen LogP contribution < -0.4 is 0 Å². The van der Waals surface area contributed by atoms with Crippen molar-refractivity contribution >= 4 is 0 Å². The van der Waals surface area contributed by atoms with Gasteiger partial charge in [-0.2, -0.15) is 0 Å². The monoisotopic (exact) mass is 1050 g/mol. The number of hydrogen-bond donors (Lipinski definition) is 0. The number of fused-ring (bicyclic) bond motifs is 27. The highest BCUT2D eigenvalue weighted by Gasteiger charge is 3.47. The summed E-state index contributed by atoms with van der Waals surface area (Å²) in [4.78, 5) is 0. The lowest BCUT2D eigenvalue weighted by Gasteiger charge is -3.44. The van der Waals surface area contributed by atoms with E-state index in [9.17, 15) is 0 Å². The summed E-state index contributed by atoms with van der Waals surface area (Å²) < 4.78 is 0. The Morgan fingerprint density at radius 3 is 1.30 bits per heavy atom. The van der Waals surface area contributed by atoms with E-state index in [0.29, 0.717) is 0 Å².